The highest BCUT2D eigenvalue weighted by atomic mass is 35.5. The summed E-state index contributed by atoms with van der Waals surface area (Å²) in [6.07, 6.45) is 5.31. The number of fused-ring (bicyclic) bond motifs is 1. The van der Waals surface area contributed by atoms with Gasteiger partial charge in [-0.05, 0) is 19.1 Å². The molecule has 0 spiro atoms. The van der Waals surface area contributed by atoms with E-state index in [0.29, 0.717) is 16.7 Å². The molecule has 0 aliphatic rings. The lowest BCUT2D eigenvalue weighted by molar-refractivity contribution is -0.144. The Hall–Kier alpha value is -1.98. The van der Waals surface area contributed by atoms with Crippen molar-refractivity contribution in [1.82, 2.24) is 14.3 Å². The quantitative estimate of drug-likeness (QED) is 0.682. The molecule has 3 aromatic rings. The third-order valence-electron chi connectivity index (χ3n) is 3.24. The van der Waals surface area contributed by atoms with Crippen molar-refractivity contribution >= 4 is 40.1 Å². The van der Waals surface area contributed by atoms with Crippen molar-refractivity contribution in [3.8, 4) is 5.69 Å². The number of esters is 1. The number of ether oxygens (including phenoxy) is 1. The number of halogens is 2. The zero-order valence-corrected chi connectivity index (χ0v) is 13.3. The predicted molar refractivity (Wildman–Crippen MR) is 85.7 cm³/mol. The van der Waals surface area contributed by atoms with Gasteiger partial charge in [-0.15, -0.1) is 0 Å². The fraction of sp³-hybridized carbons (Fsp3) is 0.200. The molecule has 0 aliphatic carbocycles. The summed E-state index contributed by atoms with van der Waals surface area (Å²) in [4.78, 5) is 11.5. The molecule has 1 aromatic carbocycles. The molecule has 3 rings (SSSR count). The first kappa shape index (κ1) is 14.9. The Kier molecular flexibility index (Phi) is 4.09. The van der Waals surface area contributed by atoms with Crippen molar-refractivity contribution in [2.75, 3.05) is 6.61 Å². The molecule has 0 aliphatic heterocycles. The third kappa shape index (κ3) is 2.69. The van der Waals surface area contributed by atoms with Crippen LogP contribution in [0.5, 0.6) is 0 Å². The van der Waals surface area contributed by atoms with E-state index in [0.717, 1.165) is 16.6 Å². The Morgan fingerprint density at radius 1 is 1.32 bits per heavy atom. The van der Waals surface area contributed by atoms with Crippen LogP contribution in [0.25, 0.3) is 16.6 Å². The molecule has 0 bridgehead atoms. The van der Waals surface area contributed by atoms with Gasteiger partial charge in [0.15, 0.2) is 0 Å². The zero-order valence-electron chi connectivity index (χ0n) is 11.8. The summed E-state index contributed by atoms with van der Waals surface area (Å²) in [5.41, 5.74) is 1.60. The van der Waals surface area contributed by atoms with Crippen LogP contribution in [0.3, 0.4) is 0 Å². The molecule has 0 amide bonds. The number of carbonyl (C=O) groups excluding carboxylic acids is 1. The minimum atomic E-state index is -0.324. The van der Waals surface area contributed by atoms with Gasteiger partial charge in [-0.25, -0.2) is 0 Å². The van der Waals surface area contributed by atoms with E-state index in [1.54, 1.807) is 25.4 Å². The lowest BCUT2D eigenvalue weighted by Crippen LogP contribution is -2.13. The van der Waals surface area contributed by atoms with Gasteiger partial charge in [0.05, 0.1) is 34.1 Å². The minimum Gasteiger partial charge on any atom is -0.465 e. The summed E-state index contributed by atoms with van der Waals surface area (Å²) >= 11 is 12.4. The third-order valence-corrected chi connectivity index (χ3v) is 4.03. The van der Waals surface area contributed by atoms with Crippen molar-refractivity contribution in [3.05, 3.63) is 46.8 Å². The molecule has 0 N–H and O–H groups in total. The highest BCUT2D eigenvalue weighted by Gasteiger charge is 2.12. The Morgan fingerprint density at radius 2 is 2.14 bits per heavy atom. The van der Waals surface area contributed by atoms with Crippen LogP contribution in [0.15, 0.2) is 36.8 Å². The number of hydrogen-bond donors (Lipinski definition) is 0. The van der Waals surface area contributed by atoms with Crippen LogP contribution in [-0.2, 0) is 16.1 Å². The van der Waals surface area contributed by atoms with Gasteiger partial charge in [-0.1, -0.05) is 29.3 Å². The molecule has 0 radical (unpaired) electrons. The second kappa shape index (κ2) is 6.02. The summed E-state index contributed by atoms with van der Waals surface area (Å²) in [5, 5.41) is 6.13. The average Bonchev–Trinajstić information content (AvgIpc) is 3.09. The first-order valence-electron chi connectivity index (χ1n) is 6.73. The Balaban J connectivity index is 1.97. The van der Waals surface area contributed by atoms with E-state index < -0.39 is 0 Å². The standard InChI is InChI=1S/C15H13Cl2N3O2/c1-2-22-13(21)9-19-8-11(7-18-19)20-6-5-10-3-4-12(16)14(17)15(10)20/h3-8H,2,9H2,1H3. The molecule has 0 fully saturated rings. The topological polar surface area (TPSA) is 49.0 Å². The van der Waals surface area contributed by atoms with E-state index in [1.807, 2.05) is 22.9 Å². The second-order valence-corrected chi connectivity index (χ2v) is 5.47. The van der Waals surface area contributed by atoms with Crippen LogP contribution < -0.4 is 0 Å². The summed E-state index contributed by atoms with van der Waals surface area (Å²) < 4.78 is 8.32. The number of hydrogen-bond acceptors (Lipinski definition) is 3. The van der Waals surface area contributed by atoms with Crippen LogP contribution >= 0.6 is 23.2 Å². The monoisotopic (exact) mass is 337 g/mol. The molecular weight excluding hydrogens is 325 g/mol. The maximum Gasteiger partial charge on any atom is 0.327 e. The normalized spacial score (nSPS) is 11.0. The minimum absolute atomic E-state index is 0.0710. The van der Waals surface area contributed by atoms with Crippen LogP contribution in [0.4, 0.5) is 0 Å². The van der Waals surface area contributed by atoms with Gasteiger partial charge in [-0.3, -0.25) is 9.48 Å². The van der Waals surface area contributed by atoms with Crippen molar-refractivity contribution in [2.24, 2.45) is 0 Å². The average molecular weight is 338 g/mol. The summed E-state index contributed by atoms with van der Waals surface area (Å²) in [6.45, 7) is 2.19. The number of benzene rings is 1. The van der Waals surface area contributed by atoms with Gasteiger partial charge in [0.1, 0.15) is 6.54 Å². The van der Waals surface area contributed by atoms with E-state index in [-0.39, 0.29) is 12.5 Å². The van der Waals surface area contributed by atoms with Crippen molar-refractivity contribution in [1.29, 1.82) is 0 Å². The first-order chi connectivity index (χ1) is 10.6. The molecule has 114 valence electrons. The van der Waals surface area contributed by atoms with Crippen molar-refractivity contribution in [3.63, 3.8) is 0 Å². The molecule has 0 saturated heterocycles. The lowest BCUT2D eigenvalue weighted by Gasteiger charge is -2.05. The summed E-state index contributed by atoms with van der Waals surface area (Å²) in [5.74, 6) is -0.324. The molecule has 7 heteroatoms. The van der Waals surface area contributed by atoms with Gasteiger partial charge < -0.3 is 9.30 Å². The molecule has 0 atom stereocenters. The highest BCUT2D eigenvalue weighted by molar-refractivity contribution is 6.45. The molecule has 5 nitrogen and oxygen atoms in total. The molecule has 0 unspecified atom stereocenters. The zero-order chi connectivity index (χ0) is 15.7. The van der Waals surface area contributed by atoms with E-state index in [4.69, 9.17) is 27.9 Å². The Morgan fingerprint density at radius 3 is 2.91 bits per heavy atom. The molecule has 2 heterocycles. The summed E-state index contributed by atoms with van der Waals surface area (Å²) in [7, 11) is 0. The van der Waals surface area contributed by atoms with Gasteiger partial charge in [0.2, 0.25) is 0 Å². The Labute approximate surface area is 137 Å². The molecule has 0 saturated carbocycles. The van der Waals surface area contributed by atoms with E-state index in [2.05, 4.69) is 5.10 Å². The molecule has 22 heavy (non-hydrogen) atoms. The fourth-order valence-corrected chi connectivity index (χ4v) is 2.70. The Bertz CT molecular complexity index is 839. The highest BCUT2D eigenvalue weighted by Crippen LogP contribution is 2.32. The van der Waals surface area contributed by atoms with Gasteiger partial charge in [-0.2, -0.15) is 5.10 Å². The summed E-state index contributed by atoms with van der Waals surface area (Å²) in [6, 6.07) is 5.62. The van der Waals surface area contributed by atoms with Gasteiger partial charge >= 0.3 is 5.97 Å². The van der Waals surface area contributed by atoms with E-state index in [9.17, 15) is 4.79 Å². The number of rotatable bonds is 4. The van der Waals surface area contributed by atoms with Crippen LogP contribution in [-0.4, -0.2) is 26.9 Å². The van der Waals surface area contributed by atoms with Crippen LogP contribution in [0, 0.1) is 0 Å². The number of aromatic nitrogens is 3. The smallest absolute Gasteiger partial charge is 0.327 e. The van der Waals surface area contributed by atoms with Crippen molar-refractivity contribution in [2.45, 2.75) is 13.5 Å². The van der Waals surface area contributed by atoms with E-state index >= 15 is 0 Å². The maximum atomic E-state index is 11.5. The predicted octanol–water partition coefficient (Wildman–Crippen LogP) is 3.70. The maximum absolute atomic E-state index is 11.5. The first-order valence-corrected chi connectivity index (χ1v) is 7.49. The lowest BCUT2D eigenvalue weighted by atomic mass is 10.2. The number of nitrogens with zero attached hydrogens (tertiary/aromatic N) is 3. The van der Waals surface area contributed by atoms with Crippen molar-refractivity contribution < 1.29 is 9.53 Å². The molecule has 2 aromatic heterocycles. The van der Waals surface area contributed by atoms with Crippen LogP contribution in [0.1, 0.15) is 6.92 Å². The molecular formula is C15H13Cl2N3O2. The SMILES string of the molecule is CCOC(=O)Cn1cc(-n2ccc3ccc(Cl)c(Cl)c32)cn1. The van der Waals surface area contributed by atoms with Crippen LogP contribution in [0.2, 0.25) is 10.0 Å². The number of carbonyl (C=O) groups is 1. The van der Waals surface area contributed by atoms with Gasteiger partial charge in [0.25, 0.3) is 0 Å². The largest absolute Gasteiger partial charge is 0.465 e. The van der Waals surface area contributed by atoms with Gasteiger partial charge in [0, 0.05) is 17.8 Å². The van der Waals surface area contributed by atoms with E-state index in [1.165, 1.54) is 4.68 Å². The fourth-order valence-electron chi connectivity index (χ4n) is 2.28. The second-order valence-electron chi connectivity index (χ2n) is 4.69.